The van der Waals surface area contributed by atoms with E-state index >= 15 is 0 Å². The molecule has 360 valence electrons. The molecular formula is C72H62N2. The molecule has 1 atom stereocenters. The minimum absolute atomic E-state index is 0.541. The van der Waals surface area contributed by atoms with Gasteiger partial charge < -0.3 is 9.80 Å². The lowest BCUT2D eigenvalue weighted by molar-refractivity contribution is 0.443. The summed E-state index contributed by atoms with van der Waals surface area (Å²) in [6.07, 6.45) is 10.0. The lowest BCUT2D eigenvalue weighted by atomic mass is 9.84. The quantitative estimate of drug-likeness (QED) is 0.106. The maximum absolute atomic E-state index is 2.54. The van der Waals surface area contributed by atoms with Crippen LogP contribution in [0.5, 0.6) is 0 Å². The average molecular weight is 955 g/mol. The molecule has 2 heteroatoms. The maximum atomic E-state index is 2.54. The van der Waals surface area contributed by atoms with Gasteiger partial charge in [0.1, 0.15) is 0 Å². The van der Waals surface area contributed by atoms with Gasteiger partial charge in [-0.15, -0.1) is 0 Å². The van der Waals surface area contributed by atoms with Gasteiger partial charge in [-0.05, 0) is 164 Å². The first-order chi connectivity index (χ1) is 36.6. The second kappa shape index (κ2) is 19.7. The summed E-state index contributed by atoms with van der Waals surface area (Å²) in [6, 6.07) is 87.4. The number of hydrogen-bond acceptors (Lipinski definition) is 2. The molecule has 0 bridgehead atoms. The van der Waals surface area contributed by atoms with Gasteiger partial charge in [0.25, 0.3) is 0 Å². The van der Waals surface area contributed by atoms with Crippen molar-refractivity contribution in [2.75, 3.05) is 9.80 Å². The Hall–Kier alpha value is -8.20. The van der Waals surface area contributed by atoms with Gasteiger partial charge in [0.2, 0.25) is 0 Å². The standard InChI is InChI=1S/C72H62N2/c1-3-18-49(4-2)53-29-35-59(36-30-53)73(61-39-33-51-21-14-16-27-57(51)45-61)69-47-67(55-23-10-6-11-24-55)63-42-44-66-70(48-68(56-25-12-7-13-26-56)64-41-43-65(69)71(63)72(64)66)74(62-40-34-52-22-15-17-28-58(52)46-62)60-37-31-54(32-38-60)50-19-8-5-9-20-50/h6-7,10-17,21-50H,3-5,8-9,18-20H2,1-2H3. The molecule has 12 aromatic carbocycles. The molecular weight excluding hydrogens is 893 g/mol. The first-order valence-corrected chi connectivity index (χ1v) is 27.3. The van der Waals surface area contributed by atoms with Gasteiger partial charge in [-0.25, -0.2) is 0 Å². The molecule has 0 amide bonds. The Kier molecular flexibility index (Phi) is 12.1. The van der Waals surface area contributed by atoms with E-state index in [1.165, 1.54) is 132 Å². The van der Waals surface area contributed by atoms with Crippen molar-refractivity contribution in [3.05, 3.63) is 242 Å². The summed E-state index contributed by atoms with van der Waals surface area (Å²) in [5.74, 6) is 1.17. The third kappa shape index (κ3) is 8.23. The summed E-state index contributed by atoms with van der Waals surface area (Å²) >= 11 is 0. The highest BCUT2D eigenvalue weighted by atomic mass is 15.2. The molecule has 0 heterocycles. The third-order valence-corrected chi connectivity index (χ3v) is 16.5. The lowest BCUT2D eigenvalue weighted by Gasteiger charge is -2.31. The SMILES string of the molecule is CCCC(CC)c1ccc(N(c2ccc3ccccc3c2)c2cc(-c3ccccc3)c3ccc4c(N(c5ccc(C6CCCCC6)cc5)c5ccc6ccccc6c5)cc(-c5ccccc5)c5ccc2c3c54)cc1. The van der Waals surface area contributed by atoms with Crippen molar-refractivity contribution in [2.24, 2.45) is 0 Å². The van der Waals surface area contributed by atoms with Crippen LogP contribution in [0, 0.1) is 0 Å². The summed E-state index contributed by atoms with van der Waals surface area (Å²) in [5, 5.41) is 12.4. The van der Waals surface area contributed by atoms with Crippen LogP contribution in [0.4, 0.5) is 34.1 Å². The Labute approximate surface area is 436 Å². The van der Waals surface area contributed by atoms with E-state index in [4.69, 9.17) is 0 Å². The van der Waals surface area contributed by atoms with Crippen LogP contribution in [0.3, 0.4) is 0 Å². The topological polar surface area (TPSA) is 6.48 Å². The summed E-state index contributed by atoms with van der Waals surface area (Å²) in [6.45, 7) is 4.63. The van der Waals surface area contributed by atoms with Crippen LogP contribution >= 0.6 is 0 Å². The van der Waals surface area contributed by atoms with E-state index in [0.717, 1.165) is 40.5 Å². The minimum atomic E-state index is 0.541. The maximum Gasteiger partial charge on any atom is 0.0546 e. The van der Waals surface area contributed by atoms with E-state index in [9.17, 15) is 0 Å². The monoisotopic (exact) mass is 954 g/mol. The molecule has 0 aromatic heterocycles. The van der Waals surface area contributed by atoms with Gasteiger partial charge in [-0.1, -0.05) is 209 Å². The van der Waals surface area contributed by atoms with Crippen LogP contribution in [0.1, 0.15) is 88.2 Å². The predicted octanol–water partition coefficient (Wildman–Crippen LogP) is 21.5. The van der Waals surface area contributed by atoms with Gasteiger partial charge in [0, 0.05) is 44.3 Å². The third-order valence-electron chi connectivity index (χ3n) is 16.5. The van der Waals surface area contributed by atoms with E-state index in [2.05, 4.69) is 254 Å². The van der Waals surface area contributed by atoms with Crippen LogP contribution in [0.25, 0.3) is 76.1 Å². The van der Waals surface area contributed by atoms with Crippen molar-refractivity contribution in [2.45, 2.75) is 77.0 Å². The van der Waals surface area contributed by atoms with Gasteiger partial charge in [0.05, 0.1) is 11.4 Å². The van der Waals surface area contributed by atoms with Crippen molar-refractivity contribution in [3.8, 4) is 22.3 Å². The number of nitrogens with zero attached hydrogens (tertiary/aromatic N) is 2. The van der Waals surface area contributed by atoms with Crippen molar-refractivity contribution >= 4 is 88.0 Å². The summed E-state index contributed by atoms with van der Waals surface area (Å²) < 4.78 is 0. The molecule has 13 rings (SSSR count). The van der Waals surface area contributed by atoms with Gasteiger partial charge in [-0.2, -0.15) is 0 Å². The molecule has 1 fully saturated rings. The van der Waals surface area contributed by atoms with Gasteiger partial charge >= 0.3 is 0 Å². The molecule has 0 N–H and O–H groups in total. The van der Waals surface area contributed by atoms with Gasteiger partial charge in [-0.3, -0.25) is 0 Å². The van der Waals surface area contributed by atoms with Crippen molar-refractivity contribution in [3.63, 3.8) is 0 Å². The van der Waals surface area contributed by atoms with Crippen molar-refractivity contribution < 1.29 is 0 Å². The molecule has 1 aliphatic carbocycles. The normalized spacial score (nSPS) is 13.6. The van der Waals surface area contributed by atoms with Crippen molar-refractivity contribution in [1.29, 1.82) is 0 Å². The first kappa shape index (κ1) is 45.6. The Bertz CT molecular complexity index is 3680. The predicted molar refractivity (Wildman–Crippen MR) is 319 cm³/mol. The highest BCUT2D eigenvalue weighted by Crippen LogP contribution is 2.53. The molecule has 1 saturated carbocycles. The molecule has 74 heavy (non-hydrogen) atoms. The van der Waals surface area contributed by atoms with Crippen LogP contribution in [-0.4, -0.2) is 0 Å². The summed E-state index contributed by atoms with van der Waals surface area (Å²) in [4.78, 5) is 5.07. The molecule has 12 aromatic rings. The van der Waals surface area contributed by atoms with E-state index in [-0.39, 0.29) is 0 Å². The molecule has 0 aliphatic heterocycles. The zero-order valence-corrected chi connectivity index (χ0v) is 42.6. The molecule has 1 aliphatic rings. The zero-order chi connectivity index (χ0) is 49.5. The molecule has 2 nitrogen and oxygen atoms in total. The average Bonchev–Trinajstić information content (AvgIpc) is 3.53. The first-order valence-electron chi connectivity index (χ1n) is 27.3. The Morgan fingerprint density at radius 1 is 0.392 bits per heavy atom. The summed E-state index contributed by atoms with van der Waals surface area (Å²) in [7, 11) is 0. The highest BCUT2D eigenvalue weighted by Gasteiger charge is 2.27. The molecule has 0 spiro atoms. The fraction of sp³-hybridized carbons (Fsp3) is 0.167. The van der Waals surface area contributed by atoms with E-state index in [1.807, 2.05) is 0 Å². The van der Waals surface area contributed by atoms with Crippen LogP contribution < -0.4 is 9.80 Å². The Morgan fingerprint density at radius 3 is 1.30 bits per heavy atom. The van der Waals surface area contributed by atoms with E-state index in [1.54, 1.807) is 0 Å². The van der Waals surface area contributed by atoms with E-state index < -0.39 is 0 Å². The second-order valence-electron chi connectivity index (χ2n) is 20.8. The second-order valence-corrected chi connectivity index (χ2v) is 20.8. The van der Waals surface area contributed by atoms with Gasteiger partial charge in [0.15, 0.2) is 0 Å². The smallest absolute Gasteiger partial charge is 0.0546 e. The number of fused-ring (bicyclic) bond motifs is 2. The number of anilines is 6. The number of rotatable bonds is 13. The highest BCUT2D eigenvalue weighted by molar-refractivity contribution is 6.32. The largest absolute Gasteiger partial charge is 0.310 e. The fourth-order valence-electron chi connectivity index (χ4n) is 12.7. The number of benzene rings is 12. The molecule has 1 unspecified atom stereocenters. The van der Waals surface area contributed by atoms with Crippen molar-refractivity contribution in [1.82, 2.24) is 0 Å². The van der Waals surface area contributed by atoms with Crippen LogP contribution in [0.2, 0.25) is 0 Å². The van der Waals surface area contributed by atoms with E-state index in [0.29, 0.717) is 11.8 Å². The molecule has 0 saturated heterocycles. The Morgan fingerprint density at radius 2 is 0.824 bits per heavy atom. The minimum Gasteiger partial charge on any atom is -0.310 e. The molecule has 0 radical (unpaired) electrons. The number of hydrogen-bond donors (Lipinski definition) is 0. The zero-order valence-electron chi connectivity index (χ0n) is 42.6. The van der Waals surface area contributed by atoms with Crippen LogP contribution in [0.15, 0.2) is 231 Å². The summed E-state index contributed by atoms with van der Waals surface area (Å²) in [5.41, 5.74) is 14.6. The lowest BCUT2D eigenvalue weighted by Crippen LogP contribution is -2.12. The fourth-order valence-corrected chi connectivity index (χ4v) is 12.7. The van der Waals surface area contributed by atoms with Crippen LogP contribution in [-0.2, 0) is 0 Å². The Balaban J connectivity index is 1.12.